The fourth-order valence-corrected chi connectivity index (χ4v) is 1.54. The summed E-state index contributed by atoms with van der Waals surface area (Å²) < 4.78 is 36.8. The van der Waals surface area contributed by atoms with Gasteiger partial charge in [0.05, 0.1) is 5.02 Å². The number of imidazole rings is 1. The summed E-state index contributed by atoms with van der Waals surface area (Å²) in [6, 6.07) is 1.23. The van der Waals surface area contributed by atoms with Crippen LogP contribution in [0.1, 0.15) is 5.82 Å². The molecule has 0 aliphatic carbocycles. The number of hydrogen-bond donors (Lipinski definition) is 1. The first-order valence-corrected chi connectivity index (χ1v) is 4.42. The smallest absolute Gasteiger partial charge is 0.319 e. The Morgan fingerprint density at radius 3 is 2.47 bits per heavy atom. The van der Waals surface area contributed by atoms with Crippen LogP contribution in [0.25, 0.3) is 11.2 Å². The predicted molar refractivity (Wildman–Crippen MR) is 48.9 cm³/mol. The van der Waals surface area contributed by atoms with E-state index in [2.05, 4.69) is 9.97 Å². The molecule has 0 radical (unpaired) electrons. The van der Waals surface area contributed by atoms with Gasteiger partial charge in [-0.2, -0.15) is 13.2 Å². The number of alkyl halides is 3. The molecule has 2 heterocycles. The van der Waals surface area contributed by atoms with E-state index in [1.807, 2.05) is 4.98 Å². The van der Waals surface area contributed by atoms with E-state index in [9.17, 15) is 13.2 Å². The van der Waals surface area contributed by atoms with Gasteiger partial charge in [-0.05, 0) is 6.07 Å². The third-order valence-corrected chi connectivity index (χ3v) is 2.13. The van der Waals surface area contributed by atoms with Gasteiger partial charge in [0, 0.05) is 0 Å². The summed E-state index contributed by atoms with van der Waals surface area (Å²) in [5.41, 5.74) is -0.131. The molecule has 0 spiro atoms. The molecule has 0 aromatic carbocycles. The van der Waals surface area contributed by atoms with Gasteiger partial charge in [0.1, 0.15) is 10.7 Å². The minimum Gasteiger partial charge on any atom is -0.319 e. The minimum atomic E-state index is -4.56. The molecule has 0 saturated heterocycles. The monoisotopic (exact) mass is 255 g/mol. The standard InChI is InChI=1S/C7H2Cl2F3N3/c8-2-1-3(9)13-5-4(2)14-6(15-5)7(10,11)12/h1H,(H,13,14,15). The van der Waals surface area contributed by atoms with Crippen molar-refractivity contribution in [1.82, 2.24) is 15.0 Å². The highest BCUT2D eigenvalue weighted by molar-refractivity contribution is 6.37. The maximum atomic E-state index is 12.3. The van der Waals surface area contributed by atoms with Crippen LogP contribution in [0.15, 0.2) is 6.07 Å². The van der Waals surface area contributed by atoms with Gasteiger partial charge in [-0.15, -0.1) is 0 Å². The van der Waals surface area contributed by atoms with Gasteiger partial charge < -0.3 is 4.98 Å². The van der Waals surface area contributed by atoms with Crippen molar-refractivity contribution < 1.29 is 13.2 Å². The number of H-pyrrole nitrogens is 1. The highest BCUT2D eigenvalue weighted by atomic mass is 35.5. The molecule has 8 heteroatoms. The predicted octanol–water partition coefficient (Wildman–Crippen LogP) is 3.28. The molecular weight excluding hydrogens is 254 g/mol. The van der Waals surface area contributed by atoms with E-state index in [0.29, 0.717) is 0 Å². The van der Waals surface area contributed by atoms with Crippen molar-refractivity contribution in [3.05, 3.63) is 22.1 Å². The molecule has 2 aromatic heterocycles. The van der Waals surface area contributed by atoms with Gasteiger partial charge in [0.15, 0.2) is 5.65 Å². The van der Waals surface area contributed by atoms with Crippen molar-refractivity contribution in [3.63, 3.8) is 0 Å². The first-order chi connectivity index (χ1) is 6.88. The highest BCUT2D eigenvalue weighted by Gasteiger charge is 2.35. The second-order valence-corrected chi connectivity index (χ2v) is 3.50. The van der Waals surface area contributed by atoms with Gasteiger partial charge in [0.2, 0.25) is 5.82 Å². The average molecular weight is 256 g/mol. The van der Waals surface area contributed by atoms with Gasteiger partial charge in [-0.25, -0.2) is 9.97 Å². The summed E-state index contributed by atoms with van der Waals surface area (Å²) in [7, 11) is 0. The van der Waals surface area contributed by atoms with E-state index in [4.69, 9.17) is 23.2 Å². The number of rotatable bonds is 0. The van der Waals surface area contributed by atoms with E-state index in [-0.39, 0.29) is 21.3 Å². The Kier molecular flexibility index (Phi) is 2.27. The Bertz CT molecular complexity index is 520. The largest absolute Gasteiger partial charge is 0.449 e. The third-order valence-electron chi connectivity index (χ3n) is 1.64. The second kappa shape index (κ2) is 3.24. The average Bonchev–Trinajstić information content (AvgIpc) is 2.46. The summed E-state index contributed by atoms with van der Waals surface area (Å²) in [6.45, 7) is 0. The molecule has 0 amide bonds. The molecular formula is C7H2Cl2F3N3. The Balaban J connectivity index is 2.71. The number of aromatic nitrogens is 3. The van der Waals surface area contributed by atoms with Crippen LogP contribution in [0, 0.1) is 0 Å². The Morgan fingerprint density at radius 2 is 1.87 bits per heavy atom. The lowest BCUT2D eigenvalue weighted by molar-refractivity contribution is -0.144. The van der Waals surface area contributed by atoms with Gasteiger partial charge >= 0.3 is 6.18 Å². The number of pyridine rings is 1. The fourth-order valence-electron chi connectivity index (χ4n) is 1.06. The molecule has 1 N–H and O–H groups in total. The summed E-state index contributed by atoms with van der Waals surface area (Å²) in [4.78, 5) is 8.93. The van der Waals surface area contributed by atoms with Crippen LogP contribution >= 0.6 is 23.2 Å². The number of halogens is 5. The van der Waals surface area contributed by atoms with E-state index < -0.39 is 12.0 Å². The van der Waals surface area contributed by atoms with E-state index in [0.717, 1.165) is 0 Å². The zero-order chi connectivity index (χ0) is 11.2. The van der Waals surface area contributed by atoms with E-state index in [1.54, 1.807) is 0 Å². The molecule has 2 rings (SSSR count). The number of fused-ring (bicyclic) bond motifs is 1. The quantitative estimate of drug-likeness (QED) is 0.735. The summed E-state index contributed by atoms with van der Waals surface area (Å²) in [5.74, 6) is -1.14. The van der Waals surface area contributed by atoms with Crippen LogP contribution in [0.3, 0.4) is 0 Å². The Labute approximate surface area is 91.2 Å². The SMILES string of the molecule is FC(F)(F)c1nc2c(Cl)cc(Cl)nc2[nH]1. The Hall–Kier alpha value is -1.01. The summed E-state index contributed by atoms with van der Waals surface area (Å²) in [6.07, 6.45) is -4.56. The Morgan fingerprint density at radius 1 is 1.20 bits per heavy atom. The number of aromatic amines is 1. The first-order valence-electron chi connectivity index (χ1n) is 3.67. The van der Waals surface area contributed by atoms with Gasteiger partial charge in [0.25, 0.3) is 0 Å². The molecule has 0 fully saturated rings. The zero-order valence-electron chi connectivity index (χ0n) is 6.86. The van der Waals surface area contributed by atoms with Crippen LogP contribution in [0.4, 0.5) is 13.2 Å². The lowest BCUT2D eigenvalue weighted by Gasteiger charge is -1.98. The molecule has 15 heavy (non-hydrogen) atoms. The van der Waals surface area contributed by atoms with Crippen molar-refractivity contribution in [1.29, 1.82) is 0 Å². The number of nitrogens with zero attached hydrogens (tertiary/aromatic N) is 2. The molecule has 2 aromatic rings. The van der Waals surface area contributed by atoms with Crippen molar-refractivity contribution >= 4 is 34.4 Å². The molecule has 0 aliphatic rings. The molecule has 80 valence electrons. The molecule has 3 nitrogen and oxygen atoms in total. The second-order valence-electron chi connectivity index (χ2n) is 2.71. The van der Waals surface area contributed by atoms with E-state index in [1.165, 1.54) is 6.07 Å². The van der Waals surface area contributed by atoms with Crippen molar-refractivity contribution in [2.75, 3.05) is 0 Å². The molecule has 0 atom stereocenters. The number of hydrogen-bond acceptors (Lipinski definition) is 2. The third kappa shape index (κ3) is 1.87. The zero-order valence-corrected chi connectivity index (χ0v) is 8.37. The molecule has 0 saturated carbocycles. The molecule has 0 aliphatic heterocycles. The van der Waals surface area contributed by atoms with Crippen LogP contribution in [-0.4, -0.2) is 15.0 Å². The maximum absolute atomic E-state index is 12.3. The van der Waals surface area contributed by atoms with Crippen molar-refractivity contribution in [3.8, 4) is 0 Å². The summed E-state index contributed by atoms with van der Waals surface area (Å²) >= 11 is 11.2. The van der Waals surface area contributed by atoms with Crippen LogP contribution in [0.2, 0.25) is 10.2 Å². The first kappa shape index (κ1) is 10.5. The number of nitrogens with one attached hydrogen (secondary N) is 1. The minimum absolute atomic E-state index is 0.00451. The van der Waals surface area contributed by atoms with Crippen LogP contribution < -0.4 is 0 Å². The lowest BCUT2D eigenvalue weighted by atomic mass is 10.4. The van der Waals surface area contributed by atoms with E-state index >= 15 is 0 Å². The topological polar surface area (TPSA) is 41.6 Å². The lowest BCUT2D eigenvalue weighted by Crippen LogP contribution is -2.06. The molecule has 0 unspecified atom stereocenters. The van der Waals surface area contributed by atoms with Gasteiger partial charge in [-0.1, -0.05) is 23.2 Å². The van der Waals surface area contributed by atoms with Gasteiger partial charge in [-0.3, -0.25) is 0 Å². The van der Waals surface area contributed by atoms with Crippen molar-refractivity contribution in [2.24, 2.45) is 0 Å². The normalized spacial score (nSPS) is 12.3. The van der Waals surface area contributed by atoms with Crippen LogP contribution in [-0.2, 0) is 6.18 Å². The van der Waals surface area contributed by atoms with Crippen LogP contribution in [0.5, 0.6) is 0 Å². The molecule has 0 bridgehead atoms. The highest BCUT2D eigenvalue weighted by Crippen LogP contribution is 2.30. The van der Waals surface area contributed by atoms with Crippen molar-refractivity contribution in [2.45, 2.75) is 6.18 Å². The summed E-state index contributed by atoms with van der Waals surface area (Å²) in [5, 5.41) is 0.0293. The fraction of sp³-hybridized carbons (Fsp3) is 0.143. The maximum Gasteiger partial charge on any atom is 0.449 e.